The summed E-state index contributed by atoms with van der Waals surface area (Å²) in [5.41, 5.74) is 6.29. The summed E-state index contributed by atoms with van der Waals surface area (Å²) < 4.78 is 12.7. The van der Waals surface area contributed by atoms with Crippen molar-refractivity contribution in [2.45, 2.75) is 38.8 Å². The maximum atomic E-state index is 12.7. The number of primary amides is 1. The summed E-state index contributed by atoms with van der Waals surface area (Å²) >= 11 is 0. The number of carbonyl (C=O) groups excluding carboxylic acids is 1. The van der Waals surface area contributed by atoms with Gasteiger partial charge in [0.2, 0.25) is 5.91 Å². The van der Waals surface area contributed by atoms with Gasteiger partial charge in [0.05, 0.1) is 6.04 Å². The first-order chi connectivity index (χ1) is 8.02. The molecular weight excluding hydrogens is 219 g/mol. The van der Waals surface area contributed by atoms with Crippen molar-refractivity contribution < 1.29 is 9.18 Å². The highest BCUT2D eigenvalue weighted by molar-refractivity contribution is 5.79. The third-order valence-corrected chi connectivity index (χ3v) is 2.69. The molecule has 0 saturated carbocycles. The van der Waals surface area contributed by atoms with Crippen LogP contribution in [0.15, 0.2) is 24.3 Å². The van der Waals surface area contributed by atoms with Gasteiger partial charge in [-0.25, -0.2) is 4.39 Å². The average molecular weight is 238 g/mol. The van der Waals surface area contributed by atoms with Crippen molar-refractivity contribution in [3.8, 4) is 0 Å². The monoisotopic (exact) mass is 238 g/mol. The van der Waals surface area contributed by atoms with E-state index in [1.807, 2.05) is 13.8 Å². The fourth-order valence-electron chi connectivity index (χ4n) is 1.78. The van der Waals surface area contributed by atoms with Gasteiger partial charge in [0.1, 0.15) is 5.82 Å². The summed E-state index contributed by atoms with van der Waals surface area (Å²) in [6.45, 7) is 3.89. The molecule has 1 aromatic rings. The molecule has 0 heterocycles. The first-order valence-corrected chi connectivity index (χ1v) is 5.82. The van der Waals surface area contributed by atoms with Crippen molar-refractivity contribution >= 4 is 5.91 Å². The van der Waals surface area contributed by atoms with Crippen LogP contribution in [0, 0.1) is 5.82 Å². The first kappa shape index (κ1) is 13.6. The van der Waals surface area contributed by atoms with Gasteiger partial charge in [-0.1, -0.05) is 19.1 Å². The second-order valence-electron chi connectivity index (χ2n) is 4.26. The van der Waals surface area contributed by atoms with Crippen molar-refractivity contribution in [1.82, 2.24) is 5.32 Å². The van der Waals surface area contributed by atoms with Crippen molar-refractivity contribution in [1.29, 1.82) is 0 Å². The number of halogens is 1. The lowest BCUT2D eigenvalue weighted by molar-refractivity contribution is -0.120. The molecule has 3 nitrogen and oxygen atoms in total. The van der Waals surface area contributed by atoms with Crippen molar-refractivity contribution in [3.63, 3.8) is 0 Å². The molecule has 94 valence electrons. The van der Waals surface area contributed by atoms with Gasteiger partial charge in [0, 0.05) is 6.04 Å². The third kappa shape index (κ3) is 4.53. The van der Waals surface area contributed by atoms with Crippen LogP contribution < -0.4 is 11.1 Å². The molecule has 0 fully saturated rings. The molecule has 0 aliphatic rings. The van der Waals surface area contributed by atoms with E-state index in [1.54, 1.807) is 12.1 Å². The SMILES string of the molecule is CCC(NC(C)Cc1ccc(F)cc1)C(N)=O. The van der Waals surface area contributed by atoms with Gasteiger partial charge in [-0.15, -0.1) is 0 Å². The summed E-state index contributed by atoms with van der Waals surface area (Å²) in [4.78, 5) is 11.1. The Morgan fingerprint density at radius 1 is 1.41 bits per heavy atom. The topological polar surface area (TPSA) is 55.1 Å². The van der Waals surface area contributed by atoms with Gasteiger partial charge in [-0.3, -0.25) is 4.79 Å². The smallest absolute Gasteiger partial charge is 0.234 e. The van der Waals surface area contributed by atoms with E-state index in [1.165, 1.54) is 12.1 Å². The maximum absolute atomic E-state index is 12.7. The molecule has 0 radical (unpaired) electrons. The Morgan fingerprint density at radius 2 is 2.00 bits per heavy atom. The molecule has 0 bridgehead atoms. The quantitative estimate of drug-likeness (QED) is 0.791. The molecule has 17 heavy (non-hydrogen) atoms. The van der Waals surface area contributed by atoms with Crippen LogP contribution in [0.1, 0.15) is 25.8 Å². The number of nitrogens with one attached hydrogen (secondary N) is 1. The molecule has 2 atom stereocenters. The molecule has 1 aromatic carbocycles. The summed E-state index contributed by atoms with van der Waals surface area (Å²) in [5.74, 6) is -0.573. The Labute approximate surface area is 101 Å². The molecule has 4 heteroatoms. The normalized spacial score (nSPS) is 14.3. The van der Waals surface area contributed by atoms with E-state index in [9.17, 15) is 9.18 Å². The maximum Gasteiger partial charge on any atom is 0.234 e. The lowest BCUT2D eigenvalue weighted by Crippen LogP contribution is -2.45. The zero-order valence-corrected chi connectivity index (χ0v) is 10.2. The molecule has 0 saturated heterocycles. The van der Waals surface area contributed by atoms with E-state index in [4.69, 9.17) is 5.73 Å². The fraction of sp³-hybridized carbons (Fsp3) is 0.462. The van der Waals surface area contributed by atoms with Crippen LogP contribution in [-0.4, -0.2) is 18.0 Å². The minimum atomic E-state index is -0.335. The van der Waals surface area contributed by atoms with Gasteiger partial charge < -0.3 is 11.1 Å². The van der Waals surface area contributed by atoms with Crippen LogP contribution in [-0.2, 0) is 11.2 Å². The lowest BCUT2D eigenvalue weighted by atomic mass is 10.1. The van der Waals surface area contributed by atoms with Gasteiger partial charge in [0.15, 0.2) is 0 Å². The summed E-state index contributed by atoms with van der Waals surface area (Å²) in [5, 5.41) is 3.16. The zero-order chi connectivity index (χ0) is 12.8. The zero-order valence-electron chi connectivity index (χ0n) is 10.2. The number of hydrogen-bond donors (Lipinski definition) is 2. The molecule has 0 aliphatic carbocycles. The van der Waals surface area contributed by atoms with E-state index in [0.29, 0.717) is 6.42 Å². The molecule has 0 spiro atoms. The van der Waals surface area contributed by atoms with E-state index in [-0.39, 0.29) is 23.8 Å². The highest BCUT2D eigenvalue weighted by Crippen LogP contribution is 2.06. The van der Waals surface area contributed by atoms with Crippen LogP contribution >= 0.6 is 0 Å². The number of carbonyl (C=O) groups is 1. The van der Waals surface area contributed by atoms with Crippen LogP contribution in [0.4, 0.5) is 4.39 Å². The van der Waals surface area contributed by atoms with Crippen molar-refractivity contribution in [2.24, 2.45) is 5.73 Å². The van der Waals surface area contributed by atoms with E-state index < -0.39 is 0 Å². The fourth-order valence-corrected chi connectivity index (χ4v) is 1.78. The second kappa shape index (κ2) is 6.35. The Kier molecular flexibility index (Phi) is 5.10. The van der Waals surface area contributed by atoms with Gasteiger partial charge >= 0.3 is 0 Å². The summed E-state index contributed by atoms with van der Waals surface area (Å²) in [6.07, 6.45) is 1.41. The second-order valence-corrected chi connectivity index (χ2v) is 4.26. The molecule has 1 rings (SSSR count). The molecule has 3 N–H and O–H groups in total. The third-order valence-electron chi connectivity index (χ3n) is 2.69. The highest BCUT2D eigenvalue weighted by atomic mass is 19.1. The predicted molar refractivity (Wildman–Crippen MR) is 66.0 cm³/mol. The molecule has 0 aliphatic heterocycles. The number of rotatable bonds is 6. The largest absolute Gasteiger partial charge is 0.368 e. The average Bonchev–Trinajstić information content (AvgIpc) is 2.28. The summed E-state index contributed by atoms with van der Waals surface area (Å²) in [7, 11) is 0. The van der Waals surface area contributed by atoms with Crippen LogP contribution in [0.5, 0.6) is 0 Å². The van der Waals surface area contributed by atoms with Gasteiger partial charge in [-0.05, 0) is 37.5 Å². The van der Waals surface area contributed by atoms with Gasteiger partial charge in [-0.2, -0.15) is 0 Å². The number of benzene rings is 1. The molecule has 2 unspecified atom stereocenters. The summed E-state index contributed by atoms with van der Waals surface area (Å²) in [6, 6.07) is 6.20. The van der Waals surface area contributed by atoms with E-state index in [0.717, 1.165) is 12.0 Å². The molecular formula is C13H19FN2O. The first-order valence-electron chi connectivity index (χ1n) is 5.82. The van der Waals surface area contributed by atoms with Crippen LogP contribution in [0.25, 0.3) is 0 Å². The minimum Gasteiger partial charge on any atom is -0.368 e. The number of nitrogens with two attached hydrogens (primary N) is 1. The van der Waals surface area contributed by atoms with E-state index in [2.05, 4.69) is 5.32 Å². The Hall–Kier alpha value is -1.42. The molecule has 1 amide bonds. The Balaban J connectivity index is 2.51. The van der Waals surface area contributed by atoms with Crippen molar-refractivity contribution in [2.75, 3.05) is 0 Å². The van der Waals surface area contributed by atoms with Gasteiger partial charge in [0.25, 0.3) is 0 Å². The standard InChI is InChI=1S/C13H19FN2O/c1-3-12(13(15)17)16-9(2)8-10-4-6-11(14)7-5-10/h4-7,9,12,16H,3,8H2,1-2H3,(H2,15,17). The highest BCUT2D eigenvalue weighted by Gasteiger charge is 2.15. The van der Waals surface area contributed by atoms with Crippen LogP contribution in [0.3, 0.4) is 0 Å². The molecule has 0 aromatic heterocycles. The van der Waals surface area contributed by atoms with Crippen molar-refractivity contribution in [3.05, 3.63) is 35.6 Å². The van der Waals surface area contributed by atoms with Crippen LogP contribution in [0.2, 0.25) is 0 Å². The number of amides is 1. The number of hydrogen-bond acceptors (Lipinski definition) is 2. The Bertz CT molecular complexity index is 364. The Morgan fingerprint density at radius 3 is 2.47 bits per heavy atom. The van der Waals surface area contributed by atoms with E-state index >= 15 is 0 Å². The minimum absolute atomic E-state index is 0.123. The predicted octanol–water partition coefficient (Wildman–Crippen LogP) is 1.61. The lowest BCUT2D eigenvalue weighted by Gasteiger charge is -2.19.